The summed E-state index contributed by atoms with van der Waals surface area (Å²) in [5.41, 5.74) is 1.51. The average molecular weight is 170 g/mol. The predicted octanol–water partition coefficient (Wildman–Crippen LogP) is 2.38. The van der Waals surface area contributed by atoms with Gasteiger partial charge in [0.25, 0.3) is 0 Å². The summed E-state index contributed by atoms with van der Waals surface area (Å²) in [6.45, 7) is 0. The SMILES string of the molecule is c1ccc2c(c1)oc1ncncc12. The lowest BCUT2D eigenvalue weighted by atomic mass is 10.2. The molecule has 2 heterocycles. The minimum absolute atomic E-state index is 0.649. The maximum atomic E-state index is 5.50. The molecule has 0 amide bonds. The Labute approximate surface area is 74.0 Å². The zero-order chi connectivity index (χ0) is 8.67. The normalized spacial score (nSPS) is 11.1. The second kappa shape index (κ2) is 2.29. The first-order valence-electron chi connectivity index (χ1n) is 4.02. The van der Waals surface area contributed by atoms with E-state index in [4.69, 9.17) is 4.42 Å². The van der Waals surface area contributed by atoms with Gasteiger partial charge in [-0.25, -0.2) is 9.97 Å². The minimum Gasteiger partial charge on any atom is -0.438 e. The van der Waals surface area contributed by atoms with Gasteiger partial charge in [-0.15, -0.1) is 0 Å². The molecule has 62 valence electrons. The molecule has 0 aliphatic heterocycles. The highest BCUT2D eigenvalue weighted by Gasteiger charge is 2.05. The molecular formula is C10H6N2O. The molecule has 13 heavy (non-hydrogen) atoms. The Morgan fingerprint density at radius 3 is 3.00 bits per heavy atom. The molecular weight excluding hydrogens is 164 g/mol. The molecule has 0 aliphatic carbocycles. The fourth-order valence-corrected chi connectivity index (χ4v) is 1.47. The highest BCUT2D eigenvalue weighted by atomic mass is 16.3. The summed E-state index contributed by atoms with van der Waals surface area (Å²) in [5, 5.41) is 2.04. The summed E-state index contributed by atoms with van der Waals surface area (Å²) in [6.07, 6.45) is 3.26. The van der Waals surface area contributed by atoms with Gasteiger partial charge in [0.15, 0.2) is 0 Å². The van der Waals surface area contributed by atoms with E-state index in [1.54, 1.807) is 6.20 Å². The summed E-state index contributed by atoms with van der Waals surface area (Å²) >= 11 is 0. The van der Waals surface area contributed by atoms with E-state index in [1.165, 1.54) is 6.33 Å². The van der Waals surface area contributed by atoms with E-state index in [9.17, 15) is 0 Å². The number of rotatable bonds is 0. The average Bonchev–Trinajstić information content (AvgIpc) is 2.56. The molecule has 0 saturated heterocycles. The van der Waals surface area contributed by atoms with Gasteiger partial charge in [-0.2, -0.15) is 0 Å². The van der Waals surface area contributed by atoms with E-state index >= 15 is 0 Å². The van der Waals surface area contributed by atoms with Gasteiger partial charge in [0, 0.05) is 11.6 Å². The van der Waals surface area contributed by atoms with Crippen LogP contribution in [0, 0.1) is 0 Å². The Hall–Kier alpha value is -1.90. The van der Waals surface area contributed by atoms with Gasteiger partial charge in [0.2, 0.25) is 5.71 Å². The van der Waals surface area contributed by atoms with Crippen LogP contribution in [0.25, 0.3) is 22.1 Å². The van der Waals surface area contributed by atoms with Crippen molar-refractivity contribution in [3.8, 4) is 0 Å². The first-order chi connectivity index (χ1) is 6.45. The van der Waals surface area contributed by atoms with Crippen LogP contribution >= 0.6 is 0 Å². The van der Waals surface area contributed by atoms with E-state index in [2.05, 4.69) is 9.97 Å². The predicted molar refractivity (Wildman–Crippen MR) is 49.3 cm³/mol. The molecule has 2 aromatic heterocycles. The van der Waals surface area contributed by atoms with Gasteiger partial charge < -0.3 is 4.42 Å². The third-order valence-corrected chi connectivity index (χ3v) is 2.06. The van der Waals surface area contributed by atoms with Crippen LogP contribution in [0.2, 0.25) is 0 Å². The molecule has 0 fully saturated rings. The van der Waals surface area contributed by atoms with Gasteiger partial charge in [0.1, 0.15) is 11.9 Å². The van der Waals surface area contributed by atoms with Crippen molar-refractivity contribution >= 4 is 22.1 Å². The third kappa shape index (κ3) is 0.839. The van der Waals surface area contributed by atoms with Crippen molar-refractivity contribution in [2.75, 3.05) is 0 Å². The van der Waals surface area contributed by atoms with Crippen LogP contribution in [0.5, 0.6) is 0 Å². The Morgan fingerprint density at radius 2 is 2.00 bits per heavy atom. The Kier molecular flexibility index (Phi) is 1.16. The fourth-order valence-electron chi connectivity index (χ4n) is 1.47. The molecule has 0 aliphatic rings. The van der Waals surface area contributed by atoms with Crippen LogP contribution in [0.15, 0.2) is 41.2 Å². The number of hydrogen-bond donors (Lipinski definition) is 0. The first-order valence-corrected chi connectivity index (χ1v) is 4.02. The summed E-state index contributed by atoms with van der Waals surface area (Å²) < 4.78 is 5.50. The summed E-state index contributed by atoms with van der Waals surface area (Å²) in [6, 6.07) is 7.85. The molecule has 0 unspecified atom stereocenters. The second-order valence-electron chi connectivity index (χ2n) is 2.84. The molecule has 3 nitrogen and oxygen atoms in total. The first kappa shape index (κ1) is 6.60. The number of benzene rings is 1. The lowest BCUT2D eigenvalue weighted by Crippen LogP contribution is -1.73. The van der Waals surface area contributed by atoms with Gasteiger partial charge >= 0.3 is 0 Å². The van der Waals surface area contributed by atoms with Gasteiger partial charge in [0.05, 0.1) is 5.39 Å². The molecule has 0 bridgehead atoms. The van der Waals surface area contributed by atoms with E-state index < -0.39 is 0 Å². The van der Waals surface area contributed by atoms with E-state index in [0.29, 0.717) is 5.71 Å². The lowest BCUT2D eigenvalue weighted by molar-refractivity contribution is 0.653. The second-order valence-corrected chi connectivity index (χ2v) is 2.84. The van der Waals surface area contributed by atoms with Crippen molar-refractivity contribution in [1.29, 1.82) is 0 Å². The number of fused-ring (bicyclic) bond motifs is 3. The van der Waals surface area contributed by atoms with E-state index in [-0.39, 0.29) is 0 Å². The number of furan rings is 1. The molecule has 3 rings (SSSR count). The lowest BCUT2D eigenvalue weighted by Gasteiger charge is -1.84. The van der Waals surface area contributed by atoms with Crippen molar-refractivity contribution in [2.24, 2.45) is 0 Å². The maximum absolute atomic E-state index is 5.50. The monoisotopic (exact) mass is 170 g/mol. The van der Waals surface area contributed by atoms with Crippen LogP contribution in [-0.4, -0.2) is 9.97 Å². The number of hydrogen-bond acceptors (Lipinski definition) is 3. The van der Waals surface area contributed by atoms with Crippen LogP contribution in [-0.2, 0) is 0 Å². The zero-order valence-corrected chi connectivity index (χ0v) is 6.77. The molecule has 1 aromatic carbocycles. The molecule has 0 atom stereocenters. The quantitative estimate of drug-likeness (QED) is 0.520. The molecule has 0 radical (unpaired) electrons. The minimum atomic E-state index is 0.649. The Bertz CT molecular complexity index is 521. The molecule has 3 heteroatoms. The standard InChI is InChI=1S/C10H6N2O/c1-2-4-9-7(3-1)8-5-11-6-12-10(8)13-9/h1-6H. The molecule has 3 aromatic rings. The van der Waals surface area contributed by atoms with Crippen LogP contribution in [0.4, 0.5) is 0 Å². The van der Waals surface area contributed by atoms with E-state index in [1.807, 2.05) is 24.3 Å². The largest absolute Gasteiger partial charge is 0.438 e. The number of aromatic nitrogens is 2. The van der Waals surface area contributed by atoms with Gasteiger partial charge in [-0.1, -0.05) is 18.2 Å². The maximum Gasteiger partial charge on any atom is 0.230 e. The molecule has 0 N–H and O–H groups in total. The molecule has 0 spiro atoms. The smallest absolute Gasteiger partial charge is 0.230 e. The number of nitrogens with zero attached hydrogens (tertiary/aromatic N) is 2. The van der Waals surface area contributed by atoms with Crippen LogP contribution < -0.4 is 0 Å². The number of para-hydroxylation sites is 1. The summed E-state index contributed by atoms with van der Waals surface area (Å²) in [5.74, 6) is 0. The highest BCUT2D eigenvalue weighted by Crippen LogP contribution is 2.25. The van der Waals surface area contributed by atoms with Crippen molar-refractivity contribution < 1.29 is 4.42 Å². The van der Waals surface area contributed by atoms with Crippen LogP contribution in [0.3, 0.4) is 0 Å². The molecule has 0 saturated carbocycles. The van der Waals surface area contributed by atoms with Crippen molar-refractivity contribution in [3.63, 3.8) is 0 Å². The topological polar surface area (TPSA) is 38.9 Å². The van der Waals surface area contributed by atoms with Gasteiger partial charge in [-0.05, 0) is 6.07 Å². The van der Waals surface area contributed by atoms with E-state index in [0.717, 1.165) is 16.4 Å². The van der Waals surface area contributed by atoms with Crippen LogP contribution in [0.1, 0.15) is 0 Å². The summed E-state index contributed by atoms with van der Waals surface area (Å²) in [7, 11) is 0. The Morgan fingerprint density at radius 1 is 1.08 bits per heavy atom. The highest BCUT2D eigenvalue weighted by molar-refractivity contribution is 6.02. The summed E-state index contributed by atoms with van der Waals surface area (Å²) in [4.78, 5) is 8.00. The van der Waals surface area contributed by atoms with Crippen molar-refractivity contribution in [3.05, 3.63) is 36.8 Å². The third-order valence-electron chi connectivity index (χ3n) is 2.06. The zero-order valence-electron chi connectivity index (χ0n) is 6.77. The van der Waals surface area contributed by atoms with Crippen molar-refractivity contribution in [2.45, 2.75) is 0 Å². The van der Waals surface area contributed by atoms with Gasteiger partial charge in [-0.3, -0.25) is 0 Å². The fraction of sp³-hybridized carbons (Fsp3) is 0. The van der Waals surface area contributed by atoms with Crippen molar-refractivity contribution in [1.82, 2.24) is 9.97 Å². The Balaban J connectivity index is 2.64.